The Balaban J connectivity index is 1.95. The number of hydrogen-bond acceptors (Lipinski definition) is 2. The summed E-state index contributed by atoms with van der Waals surface area (Å²) in [4.78, 5) is 0. The van der Waals surface area contributed by atoms with Gasteiger partial charge in [0, 0.05) is 27.2 Å². The molecule has 21 heavy (non-hydrogen) atoms. The number of hydrogen-bond donors (Lipinski definition) is 0. The summed E-state index contributed by atoms with van der Waals surface area (Å²) in [5.74, 6) is 0.124. The number of nitrogens with zero attached hydrogens (tertiary/aromatic N) is 2. The highest BCUT2D eigenvalue weighted by atomic mass is 32.2. The molecule has 1 heterocycles. The van der Waals surface area contributed by atoms with Gasteiger partial charge in [-0.15, -0.1) is 0 Å². The van der Waals surface area contributed by atoms with E-state index in [-0.39, 0.29) is 5.82 Å². The van der Waals surface area contributed by atoms with Crippen LogP contribution in [-0.4, -0.2) is 44.2 Å². The molecule has 6 heteroatoms. The highest BCUT2D eigenvalue weighted by molar-refractivity contribution is 7.86. The lowest BCUT2D eigenvalue weighted by Crippen LogP contribution is -2.45. The van der Waals surface area contributed by atoms with Crippen LogP contribution in [-0.2, 0) is 16.6 Å². The van der Waals surface area contributed by atoms with Gasteiger partial charge in [0.15, 0.2) is 0 Å². The minimum absolute atomic E-state index is 0.175. The Hall–Kier alpha value is -0.980. The molecule has 0 amide bonds. The molecular weight excluding hydrogens is 291 g/mol. The van der Waals surface area contributed by atoms with Crippen molar-refractivity contribution in [2.24, 2.45) is 5.92 Å². The lowest BCUT2D eigenvalue weighted by atomic mass is 9.92. The predicted octanol–water partition coefficient (Wildman–Crippen LogP) is 2.28. The first-order chi connectivity index (χ1) is 9.91. The fourth-order valence-electron chi connectivity index (χ4n) is 2.76. The van der Waals surface area contributed by atoms with E-state index in [0.717, 1.165) is 19.3 Å². The van der Waals surface area contributed by atoms with Crippen LogP contribution in [0, 0.1) is 11.7 Å². The molecular formula is C15H23FN2O2S. The maximum atomic E-state index is 13.6. The second-order valence-corrected chi connectivity index (χ2v) is 7.93. The van der Waals surface area contributed by atoms with Gasteiger partial charge in [0.2, 0.25) is 0 Å². The Bertz CT molecular complexity index is 575. The first kappa shape index (κ1) is 16.4. The first-order valence-electron chi connectivity index (χ1n) is 7.32. The fourth-order valence-corrected chi connectivity index (χ4v) is 3.98. The minimum atomic E-state index is -3.33. The van der Waals surface area contributed by atoms with E-state index < -0.39 is 10.2 Å². The second kappa shape index (κ2) is 6.85. The van der Waals surface area contributed by atoms with Crippen LogP contribution in [0.25, 0.3) is 0 Å². The molecule has 1 aromatic carbocycles. The number of benzene rings is 1. The molecule has 0 radical (unpaired) electrons. The van der Waals surface area contributed by atoms with Crippen LogP contribution < -0.4 is 0 Å². The molecule has 1 aliphatic rings. The van der Waals surface area contributed by atoms with E-state index in [1.165, 1.54) is 10.4 Å². The smallest absolute Gasteiger partial charge is 0.207 e. The summed E-state index contributed by atoms with van der Waals surface area (Å²) in [5.41, 5.74) is 0.713. The lowest BCUT2D eigenvalue weighted by molar-refractivity contribution is 0.245. The monoisotopic (exact) mass is 314 g/mol. The third-order valence-corrected chi connectivity index (χ3v) is 5.96. The Labute approximate surface area is 126 Å². The molecule has 1 fully saturated rings. The van der Waals surface area contributed by atoms with Gasteiger partial charge in [0.05, 0.1) is 0 Å². The minimum Gasteiger partial charge on any atom is -0.207 e. The van der Waals surface area contributed by atoms with Gasteiger partial charge in [-0.3, -0.25) is 0 Å². The molecule has 0 N–H and O–H groups in total. The Morgan fingerprint density at radius 2 is 2.05 bits per heavy atom. The van der Waals surface area contributed by atoms with E-state index in [4.69, 9.17) is 0 Å². The van der Waals surface area contributed by atoms with Crippen molar-refractivity contribution < 1.29 is 12.8 Å². The fraction of sp³-hybridized carbons (Fsp3) is 0.600. The van der Waals surface area contributed by atoms with E-state index >= 15 is 0 Å². The lowest BCUT2D eigenvalue weighted by Gasteiger charge is -2.33. The Morgan fingerprint density at radius 3 is 2.71 bits per heavy atom. The van der Waals surface area contributed by atoms with Crippen LogP contribution in [0.3, 0.4) is 0 Å². The number of halogens is 1. The van der Waals surface area contributed by atoms with Crippen molar-refractivity contribution in [3.05, 3.63) is 35.6 Å². The van der Waals surface area contributed by atoms with Gasteiger partial charge in [0.1, 0.15) is 5.82 Å². The van der Waals surface area contributed by atoms with Crippen LogP contribution in [0.15, 0.2) is 24.3 Å². The van der Waals surface area contributed by atoms with Crippen LogP contribution in [0.5, 0.6) is 0 Å². The van der Waals surface area contributed by atoms with Crippen molar-refractivity contribution in [3.8, 4) is 0 Å². The van der Waals surface area contributed by atoms with Crippen molar-refractivity contribution in [2.45, 2.75) is 25.7 Å². The van der Waals surface area contributed by atoms with Crippen molar-refractivity contribution in [1.29, 1.82) is 0 Å². The molecule has 0 saturated carbocycles. The van der Waals surface area contributed by atoms with Gasteiger partial charge in [-0.05, 0) is 43.2 Å². The highest BCUT2D eigenvalue weighted by Crippen LogP contribution is 2.24. The molecule has 0 aromatic heterocycles. The van der Waals surface area contributed by atoms with Crippen molar-refractivity contribution in [2.75, 3.05) is 27.2 Å². The van der Waals surface area contributed by atoms with Gasteiger partial charge < -0.3 is 0 Å². The maximum Gasteiger partial charge on any atom is 0.281 e. The van der Waals surface area contributed by atoms with E-state index in [0.29, 0.717) is 31.0 Å². The molecule has 1 aromatic rings. The zero-order valence-electron chi connectivity index (χ0n) is 12.6. The second-order valence-electron chi connectivity index (χ2n) is 5.79. The third kappa shape index (κ3) is 4.02. The number of piperidine rings is 1. The average Bonchev–Trinajstić information content (AvgIpc) is 2.46. The standard InChI is InChI=1S/C15H23FN2O2S/c1-17(2)21(19,20)18-11-5-6-13(12-18)9-10-14-7-3-4-8-15(14)16/h3-4,7-8,13H,5-6,9-12H2,1-2H3/t13-/m1/s1. The molecule has 4 nitrogen and oxygen atoms in total. The molecule has 1 saturated heterocycles. The summed E-state index contributed by atoms with van der Waals surface area (Å²) in [7, 11) is -0.224. The van der Waals surface area contributed by atoms with Gasteiger partial charge >= 0.3 is 0 Å². The van der Waals surface area contributed by atoms with Crippen LogP contribution in [0.2, 0.25) is 0 Å². The van der Waals surface area contributed by atoms with Gasteiger partial charge in [-0.2, -0.15) is 17.0 Å². The van der Waals surface area contributed by atoms with E-state index in [9.17, 15) is 12.8 Å². The van der Waals surface area contributed by atoms with Crippen molar-refractivity contribution in [1.82, 2.24) is 8.61 Å². The number of rotatable bonds is 5. The summed E-state index contributed by atoms with van der Waals surface area (Å²) >= 11 is 0. The molecule has 118 valence electrons. The SMILES string of the molecule is CN(C)S(=O)(=O)N1CCC[C@H](CCc2ccccc2F)C1. The van der Waals surface area contributed by atoms with Gasteiger partial charge in [0.25, 0.3) is 10.2 Å². The molecule has 1 atom stereocenters. The largest absolute Gasteiger partial charge is 0.281 e. The topological polar surface area (TPSA) is 40.6 Å². The van der Waals surface area contributed by atoms with Gasteiger partial charge in [-0.1, -0.05) is 18.2 Å². The molecule has 1 aliphatic heterocycles. The summed E-state index contributed by atoms with van der Waals surface area (Å²) in [5, 5.41) is 0. The summed E-state index contributed by atoms with van der Waals surface area (Å²) < 4.78 is 40.7. The van der Waals surface area contributed by atoms with E-state index in [1.807, 2.05) is 6.07 Å². The molecule has 0 unspecified atom stereocenters. The molecule has 2 rings (SSSR count). The van der Waals surface area contributed by atoms with Crippen LogP contribution >= 0.6 is 0 Å². The van der Waals surface area contributed by atoms with Crippen LogP contribution in [0.1, 0.15) is 24.8 Å². The quantitative estimate of drug-likeness (QED) is 0.836. The predicted molar refractivity (Wildman–Crippen MR) is 81.6 cm³/mol. The average molecular weight is 314 g/mol. The number of aryl methyl sites for hydroxylation is 1. The molecule has 0 bridgehead atoms. The Kier molecular flexibility index (Phi) is 5.35. The first-order valence-corrected chi connectivity index (χ1v) is 8.72. The molecule has 0 spiro atoms. The normalized spacial score (nSPS) is 20.9. The highest BCUT2D eigenvalue weighted by Gasteiger charge is 2.30. The Morgan fingerprint density at radius 1 is 1.33 bits per heavy atom. The van der Waals surface area contributed by atoms with E-state index in [1.54, 1.807) is 30.5 Å². The maximum absolute atomic E-state index is 13.6. The summed E-state index contributed by atoms with van der Waals surface area (Å²) in [6.45, 7) is 1.12. The van der Waals surface area contributed by atoms with Crippen molar-refractivity contribution >= 4 is 10.2 Å². The van der Waals surface area contributed by atoms with Crippen LogP contribution in [0.4, 0.5) is 4.39 Å². The van der Waals surface area contributed by atoms with Gasteiger partial charge in [-0.25, -0.2) is 4.39 Å². The molecule has 0 aliphatic carbocycles. The summed E-state index contributed by atoms with van der Waals surface area (Å²) in [6.07, 6.45) is 3.36. The summed E-state index contributed by atoms with van der Waals surface area (Å²) in [6, 6.07) is 6.79. The zero-order valence-corrected chi connectivity index (χ0v) is 13.4. The third-order valence-electron chi connectivity index (χ3n) is 4.05. The van der Waals surface area contributed by atoms with Crippen molar-refractivity contribution in [3.63, 3.8) is 0 Å². The van der Waals surface area contributed by atoms with E-state index in [2.05, 4.69) is 0 Å². The zero-order chi connectivity index (χ0) is 15.5.